The van der Waals surface area contributed by atoms with Crippen LogP contribution in [0.15, 0.2) is 0 Å². The van der Waals surface area contributed by atoms with Gasteiger partial charge in [-0.3, -0.25) is 0 Å². The van der Waals surface area contributed by atoms with Gasteiger partial charge in [-0.2, -0.15) is 0 Å². The van der Waals surface area contributed by atoms with Gasteiger partial charge in [0, 0.05) is 25.2 Å². The minimum absolute atomic E-state index is 0.0424. The standard InChI is InChI=1S/C10H19NO2/c11-7-10(8-12)6-9(10)2-1-4-13-5-3-9/h12H,1-8,11H2. The highest BCUT2D eigenvalue weighted by molar-refractivity contribution is 5.14. The fraction of sp³-hybridized carbons (Fsp3) is 1.00. The highest BCUT2D eigenvalue weighted by atomic mass is 16.5. The van der Waals surface area contributed by atoms with Crippen molar-refractivity contribution in [1.29, 1.82) is 0 Å². The molecule has 0 aromatic carbocycles. The Morgan fingerprint density at radius 1 is 1.31 bits per heavy atom. The third-order valence-electron chi connectivity index (χ3n) is 4.04. The number of hydrogen-bond donors (Lipinski definition) is 2. The van der Waals surface area contributed by atoms with Crippen LogP contribution in [0, 0.1) is 10.8 Å². The van der Waals surface area contributed by atoms with E-state index in [1.165, 1.54) is 6.42 Å². The molecular weight excluding hydrogens is 166 g/mol. The van der Waals surface area contributed by atoms with Gasteiger partial charge in [-0.25, -0.2) is 0 Å². The molecule has 2 atom stereocenters. The largest absolute Gasteiger partial charge is 0.396 e. The molecule has 0 aromatic heterocycles. The van der Waals surface area contributed by atoms with Crippen LogP contribution in [0.4, 0.5) is 0 Å². The first-order chi connectivity index (χ1) is 6.29. The first kappa shape index (κ1) is 9.44. The van der Waals surface area contributed by atoms with E-state index in [1.807, 2.05) is 0 Å². The molecule has 3 nitrogen and oxygen atoms in total. The second-order valence-electron chi connectivity index (χ2n) is 4.57. The number of rotatable bonds is 2. The van der Waals surface area contributed by atoms with Crippen molar-refractivity contribution in [1.82, 2.24) is 0 Å². The summed E-state index contributed by atoms with van der Waals surface area (Å²) in [5, 5.41) is 9.35. The summed E-state index contributed by atoms with van der Waals surface area (Å²) in [5.41, 5.74) is 6.10. The Bertz CT molecular complexity index is 176. The molecule has 1 aliphatic heterocycles. The molecule has 0 amide bonds. The molecule has 2 unspecified atom stereocenters. The first-order valence-corrected chi connectivity index (χ1v) is 5.17. The summed E-state index contributed by atoms with van der Waals surface area (Å²) >= 11 is 0. The zero-order valence-electron chi connectivity index (χ0n) is 8.09. The Morgan fingerprint density at radius 2 is 2.15 bits per heavy atom. The number of aliphatic hydroxyl groups is 1. The summed E-state index contributed by atoms with van der Waals surface area (Å²) in [4.78, 5) is 0. The van der Waals surface area contributed by atoms with Gasteiger partial charge in [0.1, 0.15) is 0 Å². The van der Waals surface area contributed by atoms with Gasteiger partial charge in [-0.15, -0.1) is 0 Å². The molecule has 2 aliphatic rings. The molecule has 1 saturated heterocycles. The van der Waals surface area contributed by atoms with Crippen molar-refractivity contribution in [3.05, 3.63) is 0 Å². The van der Waals surface area contributed by atoms with Crippen LogP contribution in [0.5, 0.6) is 0 Å². The van der Waals surface area contributed by atoms with Gasteiger partial charge in [0.2, 0.25) is 0 Å². The average Bonchev–Trinajstić information content (AvgIpc) is 2.87. The summed E-state index contributed by atoms with van der Waals surface area (Å²) in [6.07, 6.45) is 4.51. The van der Waals surface area contributed by atoms with Gasteiger partial charge in [-0.1, -0.05) is 0 Å². The normalized spacial score (nSPS) is 44.8. The van der Waals surface area contributed by atoms with E-state index >= 15 is 0 Å². The Hall–Kier alpha value is -0.120. The molecule has 76 valence electrons. The number of aliphatic hydroxyl groups excluding tert-OH is 1. The third kappa shape index (κ3) is 1.30. The van der Waals surface area contributed by atoms with E-state index in [1.54, 1.807) is 0 Å². The monoisotopic (exact) mass is 185 g/mol. The zero-order valence-corrected chi connectivity index (χ0v) is 8.09. The van der Waals surface area contributed by atoms with E-state index < -0.39 is 0 Å². The zero-order chi connectivity index (χ0) is 9.36. The van der Waals surface area contributed by atoms with Crippen LogP contribution in [0.3, 0.4) is 0 Å². The second kappa shape index (κ2) is 3.23. The molecule has 1 heterocycles. The maximum absolute atomic E-state index is 9.35. The van der Waals surface area contributed by atoms with Crippen molar-refractivity contribution in [2.45, 2.75) is 25.7 Å². The minimum atomic E-state index is 0.0424. The van der Waals surface area contributed by atoms with E-state index in [2.05, 4.69) is 0 Å². The van der Waals surface area contributed by atoms with Gasteiger partial charge in [0.25, 0.3) is 0 Å². The van der Waals surface area contributed by atoms with Gasteiger partial charge >= 0.3 is 0 Å². The molecule has 1 spiro atoms. The molecule has 2 rings (SSSR count). The van der Waals surface area contributed by atoms with E-state index in [0.29, 0.717) is 12.0 Å². The maximum atomic E-state index is 9.35. The van der Waals surface area contributed by atoms with Crippen molar-refractivity contribution in [2.75, 3.05) is 26.4 Å². The highest BCUT2D eigenvalue weighted by Gasteiger charge is 2.64. The van der Waals surface area contributed by atoms with Crippen molar-refractivity contribution in [3.63, 3.8) is 0 Å². The summed E-state index contributed by atoms with van der Waals surface area (Å²) < 4.78 is 5.43. The summed E-state index contributed by atoms with van der Waals surface area (Å²) in [6.45, 7) is 2.61. The van der Waals surface area contributed by atoms with Crippen molar-refractivity contribution < 1.29 is 9.84 Å². The lowest BCUT2D eigenvalue weighted by atomic mass is 9.87. The lowest BCUT2D eigenvalue weighted by molar-refractivity contribution is 0.129. The molecule has 0 bridgehead atoms. The van der Waals surface area contributed by atoms with E-state index in [4.69, 9.17) is 10.5 Å². The molecule has 2 fully saturated rings. The van der Waals surface area contributed by atoms with Crippen LogP contribution in [-0.4, -0.2) is 31.5 Å². The maximum Gasteiger partial charge on any atom is 0.0505 e. The Labute approximate surface area is 79.3 Å². The lowest BCUT2D eigenvalue weighted by Gasteiger charge is -2.20. The van der Waals surface area contributed by atoms with E-state index in [9.17, 15) is 5.11 Å². The Kier molecular flexibility index (Phi) is 2.34. The molecule has 0 radical (unpaired) electrons. The predicted molar refractivity (Wildman–Crippen MR) is 50.3 cm³/mol. The quantitative estimate of drug-likeness (QED) is 0.659. The van der Waals surface area contributed by atoms with Crippen LogP contribution in [-0.2, 0) is 4.74 Å². The number of hydrogen-bond acceptors (Lipinski definition) is 3. The first-order valence-electron chi connectivity index (χ1n) is 5.17. The fourth-order valence-corrected chi connectivity index (χ4v) is 2.89. The van der Waals surface area contributed by atoms with Crippen molar-refractivity contribution >= 4 is 0 Å². The summed E-state index contributed by atoms with van der Waals surface area (Å²) in [6, 6.07) is 0. The molecule has 0 aromatic rings. The topological polar surface area (TPSA) is 55.5 Å². The van der Waals surface area contributed by atoms with Crippen LogP contribution in [0.25, 0.3) is 0 Å². The van der Waals surface area contributed by atoms with Crippen molar-refractivity contribution in [3.8, 4) is 0 Å². The SMILES string of the molecule is NCC1(CO)CC12CCCOCC2. The molecular formula is C10H19NO2. The molecule has 1 aliphatic carbocycles. The van der Waals surface area contributed by atoms with Crippen LogP contribution >= 0.6 is 0 Å². The number of ether oxygens (including phenoxy) is 1. The van der Waals surface area contributed by atoms with Gasteiger partial charge < -0.3 is 15.6 Å². The van der Waals surface area contributed by atoms with E-state index in [0.717, 1.165) is 32.5 Å². The minimum Gasteiger partial charge on any atom is -0.396 e. The fourth-order valence-electron chi connectivity index (χ4n) is 2.89. The van der Waals surface area contributed by atoms with Crippen LogP contribution < -0.4 is 5.73 Å². The van der Waals surface area contributed by atoms with Gasteiger partial charge in [0.05, 0.1) is 6.61 Å². The predicted octanol–water partition coefficient (Wildman–Crippen LogP) is 0.514. The van der Waals surface area contributed by atoms with Crippen molar-refractivity contribution in [2.24, 2.45) is 16.6 Å². The molecule has 13 heavy (non-hydrogen) atoms. The summed E-state index contributed by atoms with van der Waals surface area (Å²) in [7, 11) is 0. The average molecular weight is 185 g/mol. The molecule has 3 N–H and O–H groups in total. The molecule has 3 heteroatoms. The van der Waals surface area contributed by atoms with Gasteiger partial charge in [-0.05, 0) is 31.1 Å². The Balaban J connectivity index is 2.05. The summed E-state index contributed by atoms with van der Waals surface area (Å²) in [5.74, 6) is 0. The molecule has 1 saturated carbocycles. The lowest BCUT2D eigenvalue weighted by Crippen LogP contribution is -2.27. The number of nitrogens with two attached hydrogens (primary N) is 1. The van der Waals surface area contributed by atoms with E-state index in [-0.39, 0.29) is 12.0 Å². The van der Waals surface area contributed by atoms with Gasteiger partial charge in [0.15, 0.2) is 0 Å². The third-order valence-corrected chi connectivity index (χ3v) is 4.04. The van der Waals surface area contributed by atoms with Crippen LogP contribution in [0.1, 0.15) is 25.7 Å². The smallest absolute Gasteiger partial charge is 0.0505 e. The second-order valence-corrected chi connectivity index (χ2v) is 4.57. The highest BCUT2D eigenvalue weighted by Crippen LogP contribution is 2.68. The Morgan fingerprint density at radius 3 is 2.77 bits per heavy atom. The van der Waals surface area contributed by atoms with Crippen LogP contribution in [0.2, 0.25) is 0 Å².